The van der Waals surface area contributed by atoms with Gasteiger partial charge in [0.05, 0.1) is 21.6 Å². The lowest BCUT2D eigenvalue weighted by atomic mass is 10.2. The molecule has 1 aromatic heterocycles. The summed E-state index contributed by atoms with van der Waals surface area (Å²) in [5, 5.41) is 0.629. The van der Waals surface area contributed by atoms with Gasteiger partial charge in [-0.25, -0.2) is 4.98 Å². The molecule has 3 aromatic rings. The van der Waals surface area contributed by atoms with Crippen molar-refractivity contribution in [1.29, 1.82) is 0 Å². The lowest BCUT2D eigenvalue weighted by Crippen LogP contribution is -2.41. The topological polar surface area (TPSA) is 86.9 Å². The third-order valence-electron chi connectivity index (χ3n) is 3.52. The second-order valence-corrected chi connectivity index (χ2v) is 6.17. The maximum atomic E-state index is 12.0. The number of aromatic amines is 1. The zero-order valence-corrected chi connectivity index (χ0v) is 14.5. The maximum absolute atomic E-state index is 12.0. The van der Waals surface area contributed by atoms with Gasteiger partial charge in [0.2, 0.25) is 5.91 Å². The molecule has 2 aromatic carbocycles. The first kappa shape index (κ1) is 17.3. The van der Waals surface area contributed by atoms with Crippen LogP contribution in [0.25, 0.3) is 11.0 Å². The van der Waals surface area contributed by atoms with Crippen molar-refractivity contribution in [3.63, 3.8) is 0 Å². The number of aryl methyl sites for hydroxylation is 1. The molecule has 3 rings (SSSR count). The molecule has 0 radical (unpaired) electrons. The fraction of sp³-hybridized carbons (Fsp3) is 0.118. The van der Waals surface area contributed by atoms with E-state index in [0.717, 1.165) is 11.0 Å². The normalized spacial score (nSPS) is 10.6. The Balaban J connectivity index is 1.52. The van der Waals surface area contributed by atoms with E-state index in [4.69, 9.17) is 23.2 Å². The van der Waals surface area contributed by atoms with Crippen LogP contribution in [0, 0.1) is 0 Å². The van der Waals surface area contributed by atoms with Crippen molar-refractivity contribution >= 4 is 46.0 Å². The third-order valence-corrected chi connectivity index (χ3v) is 4.08. The summed E-state index contributed by atoms with van der Waals surface area (Å²) in [4.78, 5) is 31.5. The van der Waals surface area contributed by atoms with Crippen LogP contribution in [0.3, 0.4) is 0 Å². The van der Waals surface area contributed by atoms with E-state index in [1.54, 1.807) is 6.07 Å². The summed E-state index contributed by atoms with van der Waals surface area (Å²) in [7, 11) is 0. The van der Waals surface area contributed by atoms with Crippen LogP contribution in [0.15, 0.2) is 42.5 Å². The van der Waals surface area contributed by atoms with Crippen molar-refractivity contribution < 1.29 is 9.59 Å². The summed E-state index contributed by atoms with van der Waals surface area (Å²) in [6.45, 7) is 0. The second kappa shape index (κ2) is 7.55. The van der Waals surface area contributed by atoms with E-state index >= 15 is 0 Å². The number of hydrogen-bond acceptors (Lipinski definition) is 3. The van der Waals surface area contributed by atoms with Crippen molar-refractivity contribution in [1.82, 2.24) is 20.8 Å². The molecule has 25 heavy (non-hydrogen) atoms. The molecule has 8 heteroatoms. The summed E-state index contributed by atoms with van der Waals surface area (Å²) >= 11 is 11.8. The number of hydrogen-bond donors (Lipinski definition) is 3. The predicted octanol–water partition coefficient (Wildman–Crippen LogP) is 3.26. The van der Waals surface area contributed by atoms with Crippen molar-refractivity contribution in [2.45, 2.75) is 12.8 Å². The molecule has 0 fully saturated rings. The van der Waals surface area contributed by atoms with Crippen LogP contribution in [-0.2, 0) is 11.2 Å². The van der Waals surface area contributed by atoms with E-state index in [1.165, 1.54) is 12.1 Å². The molecule has 6 nitrogen and oxygen atoms in total. The number of benzene rings is 2. The first-order valence-corrected chi connectivity index (χ1v) is 8.26. The Morgan fingerprint density at radius 1 is 1.08 bits per heavy atom. The van der Waals surface area contributed by atoms with Gasteiger partial charge in [0.15, 0.2) is 0 Å². The van der Waals surface area contributed by atoms with Gasteiger partial charge in [0, 0.05) is 17.9 Å². The largest absolute Gasteiger partial charge is 0.342 e. The Hall–Kier alpha value is -2.57. The molecule has 0 spiro atoms. The Bertz CT molecular complexity index is 906. The summed E-state index contributed by atoms with van der Waals surface area (Å²) in [5.41, 5.74) is 6.62. The lowest BCUT2D eigenvalue weighted by Gasteiger charge is -2.08. The molecule has 3 N–H and O–H groups in total. The number of nitrogens with one attached hydrogen (secondary N) is 3. The summed E-state index contributed by atoms with van der Waals surface area (Å²) in [6.07, 6.45) is 0.595. The van der Waals surface area contributed by atoms with Crippen molar-refractivity contribution in [2.24, 2.45) is 0 Å². The van der Waals surface area contributed by atoms with E-state index in [2.05, 4.69) is 20.8 Å². The molecule has 2 amide bonds. The van der Waals surface area contributed by atoms with E-state index in [-0.39, 0.29) is 22.9 Å². The number of nitrogens with zero attached hydrogens (tertiary/aromatic N) is 1. The van der Waals surface area contributed by atoms with Crippen LogP contribution in [-0.4, -0.2) is 21.8 Å². The number of fused-ring (bicyclic) bond motifs is 1. The zero-order chi connectivity index (χ0) is 17.8. The predicted molar refractivity (Wildman–Crippen MR) is 96.5 cm³/mol. The molecular formula is C17H14Cl2N4O2. The second-order valence-electron chi connectivity index (χ2n) is 5.33. The molecule has 0 saturated heterocycles. The highest BCUT2D eigenvalue weighted by Gasteiger charge is 2.12. The van der Waals surface area contributed by atoms with Crippen molar-refractivity contribution in [3.05, 3.63) is 63.9 Å². The van der Waals surface area contributed by atoms with Crippen molar-refractivity contribution in [3.8, 4) is 0 Å². The number of halogens is 2. The summed E-state index contributed by atoms with van der Waals surface area (Å²) in [6, 6.07) is 12.1. The van der Waals surface area contributed by atoms with Gasteiger partial charge in [-0.15, -0.1) is 0 Å². The minimum atomic E-state index is -0.537. The van der Waals surface area contributed by atoms with Crippen LogP contribution in [0.5, 0.6) is 0 Å². The number of carbonyl (C=O) groups excluding carboxylic acids is 2. The molecule has 0 saturated carbocycles. The van der Waals surface area contributed by atoms with Gasteiger partial charge in [-0.05, 0) is 30.3 Å². The molecule has 0 aliphatic heterocycles. The molecule has 128 valence electrons. The van der Waals surface area contributed by atoms with Crippen LogP contribution >= 0.6 is 23.2 Å². The highest BCUT2D eigenvalue weighted by molar-refractivity contribution is 6.35. The number of imidazole rings is 1. The third kappa shape index (κ3) is 4.29. The Morgan fingerprint density at radius 3 is 2.68 bits per heavy atom. The Morgan fingerprint density at radius 2 is 1.88 bits per heavy atom. The number of rotatable bonds is 4. The van der Waals surface area contributed by atoms with Gasteiger partial charge < -0.3 is 4.98 Å². The highest BCUT2D eigenvalue weighted by Crippen LogP contribution is 2.20. The number of carbonyl (C=O) groups is 2. The van der Waals surface area contributed by atoms with Crippen LogP contribution in [0.2, 0.25) is 10.0 Å². The standard InChI is InChI=1S/C17H14Cl2N4O2/c18-10-5-6-12(19)11(9-10)17(25)23-22-16(24)8-7-15-20-13-3-1-2-4-14(13)21-15/h1-6,9H,7-8H2,(H,20,21)(H,22,24)(H,23,25). The van der Waals surface area contributed by atoms with E-state index in [9.17, 15) is 9.59 Å². The van der Waals surface area contributed by atoms with Gasteiger partial charge >= 0.3 is 0 Å². The molecule has 0 unspecified atom stereocenters. The van der Waals surface area contributed by atoms with E-state index < -0.39 is 5.91 Å². The zero-order valence-electron chi connectivity index (χ0n) is 13.0. The quantitative estimate of drug-likeness (QED) is 0.610. The minimum Gasteiger partial charge on any atom is -0.342 e. The fourth-order valence-corrected chi connectivity index (χ4v) is 2.66. The molecule has 0 aliphatic rings. The van der Waals surface area contributed by atoms with Gasteiger partial charge in [0.1, 0.15) is 5.82 Å². The first-order valence-electron chi connectivity index (χ1n) is 7.51. The average Bonchev–Trinajstić information content (AvgIpc) is 3.03. The molecule has 1 heterocycles. The van der Waals surface area contributed by atoms with Crippen LogP contribution in [0.4, 0.5) is 0 Å². The van der Waals surface area contributed by atoms with E-state index in [1.807, 2.05) is 24.3 Å². The summed E-state index contributed by atoms with van der Waals surface area (Å²) < 4.78 is 0. The minimum absolute atomic E-state index is 0.170. The smallest absolute Gasteiger partial charge is 0.271 e. The fourth-order valence-electron chi connectivity index (χ4n) is 2.28. The number of hydrazine groups is 1. The molecule has 0 bridgehead atoms. The SMILES string of the molecule is O=C(CCc1nc2ccccc2[nH]1)NNC(=O)c1cc(Cl)ccc1Cl. The van der Waals surface area contributed by atoms with Gasteiger partial charge in [-0.3, -0.25) is 20.4 Å². The number of para-hydroxylation sites is 2. The molecular weight excluding hydrogens is 363 g/mol. The van der Waals surface area contributed by atoms with Gasteiger partial charge in [-0.2, -0.15) is 0 Å². The van der Waals surface area contributed by atoms with Crippen LogP contribution in [0.1, 0.15) is 22.6 Å². The molecule has 0 aliphatic carbocycles. The van der Waals surface area contributed by atoms with Crippen LogP contribution < -0.4 is 10.9 Å². The number of amides is 2. The van der Waals surface area contributed by atoms with Gasteiger partial charge in [-0.1, -0.05) is 35.3 Å². The number of H-pyrrole nitrogens is 1. The monoisotopic (exact) mass is 376 g/mol. The van der Waals surface area contributed by atoms with E-state index in [0.29, 0.717) is 17.3 Å². The molecule has 0 atom stereocenters. The highest BCUT2D eigenvalue weighted by atomic mass is 35.5. The van der Waals surface area contributed by atoms with Crippen molar-refractivity contribution in [2.75, 3.05) is 0 Å². The first-order chi connectivity index (χ1) is 12.0. The number of aromatic nitrogens is 2. The Kier molecular flexibility index (Phi) is 5.21. The maximum Gasteiger partial charge on any atom is 0.271 e. The lowest BCUT2D eigenvalue weighted by molar-refractivity contribution is -0.121. The van der Waals surface area contributed by atoms with Gasteiger partial charge in [0.25, 0.3) is 5.91 Å². The average molecular weight is 377 g/mol. The summed E-state index contributed by atoms with van der Waals surface area (Å²) in [5.74, 6) is -0.169. The Labute approximate surface area is 153 Å².